The number of aromatic nitrogens is 1. The van der Waals surface area contributed by atoms with E-state index >= 15 is 0 Å². The Morgan fingerprint density at radius 1 is 0.947 bits per heavy atom. The van der Waals surface area contributed by atoms with Crippen LogP contribution in [0, 0.1) is 0 Å². The Morgan fingerprint density at radius 3 is 2.47 bits per heavy atom. The van der Waals surface area contributed by atoms with Crippen LogP contribution in [0.4, 0.5) is 11.4 Å². The van der Waals surface area contributed by atoms with Crippen LogP contribution in [0.15, 0.2) is 60.8 Å². The first-order valence-electron chi connectivity index (χ1n) is 6.57. The van der Waals surface area contributed by atoms with Gasteiger partial charge >= 0.3 is 0 Å². The van der Waals surface area contributed by atoms with Crippen molar-refractivity contribution in [2.24, 2.45) is 0 Å². The van der Waals surface area contributed by atoms with Crippen LogP contribution in [0.25, 0.3) is 10.9 Å². The average Bonchev–Trinajstić information content (AvgIpc) is 2.49. The van der Waals surface area contributed by atoms with E-state index in [2.05, 4.69) is 41.5 Å². The highest BCUT2D eigenvalue weighted by Crippen LogP contribution is 2.29. The van der Waals surface area contributed by atoms with E-state index in [1.807, 2.05) is 36.5 Å². The number of aryl methyl sites for hydroxylation is 1. The number of nitrogens with zero attached hydrogens (tertiary/aromatic N) is 1. The molecule has 3 aromatic rings. The molecule has 0 atom stereocenters. The maximum atomic E-state index is 4.51. The molecule has 0 amide bonds. The van der Waals surface area contributed by atoms with E-state index in [-0.39, 0.29) is 0 Å². The van der Waals surface area contributed by atoms with Gasteiger partial charge in [-0.2, -0.15) is 0 Å². The SMILES string of the molecule is CCc1cnc2ccccc2c1Nc1ccccc1. The minimum absolute atomic E-state index is 0.965. The van der Waals surface area contributed by atoms with Gasteiger partial charge in [-0.15, -0.1) is 0 Å². The summed E-state index contributed by atoms with van der Waals surface area (Å²) in [4.78, 5) is 4.51. The number of benzene rings is 2. The van der Waals surface area contributed by atoms with E-state index in [1.165, 1.54) is 16.6 Å². The number of anilines is 2. The molecule has 0 aliphatic carbocycles. The smallest absolute Gasteiger partial charge is 0.0723 e. The van der Waals surface area contributed by atoms with Crippen molar-refractivity contribution in [2.75, 3.05) is 5.32 Å². The Morgan fingerprint density at radius 2 is 1.68 bits per heavy atom. The second kappa shape index (κ2) is 5.11. The molecule has 0 aliphatic heterocycles. The minimum Gasteiger partial charge on any atom is -0.355 e. The summed E-state index contributed by atoms with van der Waals surface area (Å²) < 4.78 is 0. The predicted octanol–water partition coefficient (Wildman–Crippen LogP) is 4.54. The fraction of sp³-hybridized carbons (Fsp3) is 0.118. The highest BCUT2D eigenvalue weighted by Gasteiger charge is 2.07. The van der Waals surface area contributed by atoms with Crippen LogP contribution in [-0.4, -0.2) is 4.98 Å². The minimum atomic E-state index is 0.965. The summed E-state index contributed by atoms with van der Waals surface area (Å²) in [5.74, 6) is 0. The van der Waals surface area contributed by atoms with Crippen LogP contribution >= 0.6 is 0 Å². The van der Waals surface area contributed by atoms with Crippen LogP contribution in [0.2, 0.25) is 0 Å². The summed E-state index contributed by atoms with van der Waals surface area (Å²) in [5, 5.41) is 4.70. The molecule has 0 saturated heterocycles. The Labute approximate surface area is 113 Å². The van der Waals surface area contributed by atoms with Crippen molar-refractivity contribution in [1.29, 1.82) is 0 Å². The third-order valence-corrected chi connectivity index (χ3v) is 3.28. The zero-order valence-electron chi connectivity index (χ0n) is 10.9. The van der Waals surface area contributed by atoms with E-state index in [9.17, 15) is 0 Å². The van der Waals surface area contributed by atoms with Gasteiger partial charge in [0.2, 0.25) is 0 Å². The molecule has 3 rings (SSSR count). The monoisotopic (exact) mass is 248 g/mol. The van der Waals surface area contributed by atoms with Crippen LogP contribution in [0.3, 0.4) is 0 Å². The molecule has 0 spiro atoms. The Kier molecular flexibility index (Phi) is 3.15. The van der Waals surface area contributed by atoms with E-state index in [0.29, 0.717) is 0 Å². The predicted molar refractivity (Wildman–Crippen MR) is 80.8 cm³/mol. The molecule has 1 N–H and O–H groups in total. The second-order valence-corrected chi connectivity index (χ2v) is 4.52. The molecule has 94 valence electrons. The van der Waals surface area contributed by atoms with Crippen molar-refractivity contribution in [3.8, 4) is 0 Å². The third kappa shape index (κ3) is 2.29. The van der Waals surface area contributed by atoms with Crippen molar-refractivity contribution in [1.82, 2.24) is 4.98 Å². The van der Waals surface area contributed by atoms with Gasteiger partial charge in [0.05, 0.1) is 11.2 Å². The van der Waals surface area contributed by atoms with Crippen molar-refractivity contribution in [3.05, 3.63) is 66.4 Å². The largest absolute Gasteiger partial charge is 0.355 e. The third-order valence-electron chi connectivity index (χ3n) is 3.28. The number of rotatable bonds is 3. The quantitative estimate of drug-likeness (QED) is 0.736. The van der Waals surface area contributed by atoms with Gasteiger partial charge in [-0.3, -0.25) is 4.98 Å². The van der Waals surface area contributed by atoms with Crippen molar-refractivity contribution in [2.45, 2.75) is 13.3 Å². The maximum Gasteiger partial charge on any atom is 0.0723 e. The molecule has 1 aromatic heterocycles. The van der Waals surface area contributed by atoms with Gasteiger partial charge in [0.25, 0.3) is 0 Å². The maximum absolute atomic E-state index is 4.51. The van der Waals surface area contributed by atoms with Gasteiger partial charge in [0.15, 0.2) is 0 Å². The number of pyridine rings is 1. The van der Waals surface area contributed by atoms with Crippen LogP contribution in [0.1, 0.15) is 12.5 Å². The molecule has 0 unspecified atom stereocenters. The Balaban J connectivity index is 2.15. The van der Waals surface area contributed by atoms with Gasteiger partial charge < -0.3 is 5.32 Å². The molecule has 0 bridgehead atoms. The molecule has 0 radical (unpaired) electrons. The molecule has 2 aromatic carbocycles. The molecule has 0 fully saturated rings. The lowest BCUT2D eigenvalue weighted by Crippen LogP contribution is -1.97. The number of fused-ring (bicyclic) bond motifs is 1. The van der Waals surface area contributed by atoms with Crippen molar-refractivity contribution < 1.29 is 0 Å². The van der Waals surface area contributed by atoms with E-state index in [0.717, 1.165) is 17.6 Å². The first kappa shape index (κ1) is 11.7. The van der Waals surface area contributed by atoms with Gasteiger partial charge in [-0.25, -0.2) is 0 Å². The van der Waals surface area contributed by atoms with E-state index in [1.54, 1.807) is 0 Å². The molecule has 2 nitrogen and oxygen atoms in total. The lowest BCUT2D eigenvalue weighted by atomic mass is 10.1. The Bertz CT molecular complexity index is 690. The Hall–Kier alpha value is -2.35. The molecule has 0 aliphatic rings. The lowest BCUT2D eigenvalue weighted by molar-refractivity contribution is 1.12. The standard InChI is InChI=1S/C17H16N2/c1-2-13-12-18-16-11-7-6-10-15(16)17(13)19-14-8-4-3-5-9-14/h3-12H,2H2,1H3,(H,18,19). The molecule has 19 heavy (non-hydrogen) atoms. The fourth-order valence-electron chi connectivity index (χ4n) is 2.26. The van der Waals surface area contributed by atoms with Gasteiger partial charge in [-0.05, 0) is 30.2 Å². The van der Waals surface area contributed by atoms with E-state index < -0.39 is 0 Å². The molecule has 0 saturated carbocycles. The van der Waals surface area contributed by atoms with Gasteiger partial charge in [0, 0.05) is 17.3 Å². The van der Waals surface area contributed by atoms with Crippen LogP contribution in [0.5, 0.6) is 0 Å². The zero-order chi connectivity index (χ0) is 13.1. The summed E-state index contributed by atoms with van der Waals surface area (Å²) in [7, 11) is 0. The fourth-order valence-corrected chi connectivity index (χ4v) is 2.26. The molecule has 1 heterocycles. The summed E-state index contributed by atoms with van der Waals surface area (Å²) in [6.45, 7) is 2.15. The molecular formula is C17H16N2. The zero-order valence-corrected chi connectivity index (χ0v) is 10.9. The normalized spacial score (nSPS) is 10.6. The topological polar surface area (TPSA) is 24.9 Å². The van der Waals surface area contributed by atoms with Gasteiger partial charge in [0.1, 0.15) is 0 Å². The summed E-state index contributed by atoms with van der Waals surface area (Å²) in [6, 6.07) is 18.5. The van der Waals surface area contributed by atoms with Crippen LogP contribution in [-0.2, 0) is 6.42 Å². The number of para-hydroxylation sites is 2. The van der Waals surface area contributed by atoms with E-state index in [4.69, 9.17) is 0 Å². The molecule has 2 heteroatoms. The van der Waals surface area contributed by atoms with Crippen molar-refractivity contribution in [3.63, 3.8) is 0 Å². The van der Waals surface area contributed by atoms with Crippen molar-refractivity contribution >= 4 is 22.3 Å². The average molecular weight is 248 g/mol. The highest BCUT2D eigenvalue weighted by atomic mass is 14.9. The highest BCUT2D eigenvalue weighted by molar-refractivity contribution is 5.94. The second-order valence-electron chi connectivity index (χ2n) is 4.52. The summed E-state index contributed by atoms with van der Waals surface area (Å²) in [6.07, 6.45) is 2.93. The number of nitrogens with one attached hydrogen (secondary N) is 1. The number of hydrogen-bond donors (Lipinski definition) is 1. The first-order valence-corrected chi connectivity index (χ1v) is 6.57. The molecular weight excluding hydrogens is 232 g/mol. The van der Waals surface area contributed by atoms with Gasteiger partial charge in [-0.1, -0.05) is 43.3 Å². The van der Waals surface area contributed by atoms with Crippen LogP contribution < -0.4 is 5.32 Å². The summed E-state index contributed by atoms with van der Waals surface area (Å²) >= 11 is 0. The first-order chi connectivity index (χ1) is 9.38. The number of hydrogen-bond acceptors (Lipinski definition) is 2. The lowest BCUT2D eigenvalue weighted by Gasteiger charge is -2.13. The summed E-state index contributed by atoms with van der Waals surface area (Å²) in [5.41, 5.74) is 4.54.